The fourth-order valence-electron chi connectivity index (χ4n) is 4.54. The van der Waals surface area contributed by atoms with Crippen molar-refractivity contribution in [2.75, 3.05) is 27.4 Å². The summed E-state index contributed by atoms with van der Waals surface area (Å²) < 4.78 is 16.5. The zero-order chi connectivity index (χ0) is 29.7. The Bertz CT molecular complexity index is 875. The van der Waals surface area contributed by atoms with Crippen molar-refractivity contribution in [1.29, 1.82) is 0 Å². The third-order valence-electron chi connectivity index (χ3n) is 7.41. The number of carboxylic acid groups (broad SMARTS) is 1. The fourth-order valence-corrected chi connectivity index (χ4v) is 4.54. The van der Waals surface area contributed by atoms with E-state index in [9.17, 15) is 19.8 Å². The Morgan fingerprint density at radius 3 is 2.13 bits per heavy atom. The lowest BCUT2D eigenvalue weighted by molar-refractivity contribution is -0.144. The van der Waals surface area contributed by atoms with Gasteiger partial charge >= 0.3 is 5.97 Å². The molecule has 0 spiro atoms. The molecule has 0 fully saturated rings. The quantitative estimate of drug-likeness (QED) is 0.190. The van der Waals surface area contributed by atoms with Crippen molar-refractivity contribution < 1.29 is 34.0 Å². The van der Waals surface area contributed by atoms with E-state index < -0.39 is 30.1 Å². The van der Waals surface area contributed by atoms with Gasteiger partial charge in [-0.2, -0.15) is 0 Å². The van der Waals surface area contributed by atoms with Gasteiger partial charge in [-0.1, -0.05) is 47.6 Å². The van der Waals surface area contributed by atoms with E-state index in [2.05, 4.69) is 19.2 Å². The Labute approximate surface area is 234 Å². The first-order valence-corrected chi connectivity index (χ1v) is 14.1. The third kappa shape index (κ3) is 11.7. The van der Waals surface area contributed by atoms with Crippen molar-refractivity contribution in [3.63, 3.8) is 0 Å². The minimum Gasteiger partial charge on any atom is -0.493 e. The molecule has 0 aliphatic carbocycles. The van der Waals surface area contributed by atoms with E-state index in [1.165, 1.54) is 0 Å². The van der Waals surface area contributed by atoms with E-state index in [-0.39, 0.29) is 36.0 Å². The van der Waals surface area contributed by atoms with Gasteiger partial charge in [0.1, 0.15) is 0 Å². The molecule has 9 nitrogen and oxygen atoms in total. The molecule has 0 radical (unpaired) electrons. The molecule has 1 unspecified atom stereocenters. The Morgan fingerprint density at radius 2 is 1.62 bits per heavy atom. The lowest BCUT2D eigenvalue weighted by Crippen LogP contribution is -2.52. The predicted octanol–water partition coefficient (Wildman–Crippen LogP) is 3.89. The van der Waals surface area contributed by atoms with Gasteiger partial charge in [0.2, 0.25) is 5.91 Å². The highest BCUT2D eigenvalue weighted by Crippen LogP contribution is 2.32. The van der Waals surface area contributed by atoms with E-state index in [1.54, 1.807) is 14.2 Å². The van der Waals surface area contributed by atoms with Crippen LogP contribution in [0.1, 0.15) is 66.4 Å². The van der Waals surface area contributed by atoms with Gasteiger partial charge in [0, 0.05) is 20.1 Å². The van der Waals surface area contributed by atoms with Crippen LogP contribution in [0.2, 0.25) is 0 Å². The van der Waals surface area contributed by atoms with Crippen molar-refractivity contribution in [3.8, 4) is 11.5 Å². The first-order valence-electron chi connectivity index (χ1n) is 14.1. The van der Waals surface area contributed by atoms with Crippen LogP contribution in [0.15, 0.2) is 18.2 Å². The standard InChI is InChI=1S/C30H52N2O7/c1-18(2)22(14-21-10-11-26(38-8)27(15-21)39-13-9-12-37-7)16-24(32-29(34)28(31)20(5)6)25(33)17-23(19(3)4)30(35)36/h10-11,15,18-20,22-25,28,33H,9,12-14,16-17,31H2,1-8H3,(H,32,34)(H,35,36)/t22-,23-,24-,25-,28?/m0/s1. The molecule has 0 saturated carbocycles. The number of aliphatic hydroxyl groups is 1. The van der Waals surface area contributed by atoms with Crippen LogP contribution in [-0.4, -0.2) is 67.7 Å². The first-order chi connectivity index (χ1) is 18.3. The summed E-state index contributed by atoms with van der Waals surface area (Å²) in [4.78, 5) is 24.8. The molecule has 39 heavy (non-hydrogen) atoms. The second-order valence-corrected chi connectivity index (χ2v) is 11.5. The molecule has 1 amide bonds. The summed E-state index contributed by atoms with van der Waals surface area (Å²) in [5.41, 5.74) is 7.14. The molecule has 5 N–H and O–H groups in total. The molecule has 0 aliphatic heterocycles. The highest BCUT2D eigenvalue weighted by Gasteiger charge is 2.33. The molecule has 0 saturated heterocycles. The molecule has 0 aliphatic rings. The summed E-state index contributed by atoms with van der Waals surface area (Å²) in [6.07, 6.45) is 0.910. The van der Waals surface area contributed by atoms with Gasteiger partial charge in [-0.05, 0) is 60.6 Å². The second kappa shape index (κ2) is 17.4. The van der Waals surface area contributed by atoms with Crippen LogP contribution >= 0.6 is 0 Å². The van der Waals surface area contributed by atoms with E-state index in [0.29, 0.717) is 37.6 Å². The number of aliphatic carboxylic acids is 1. The van der Waals surface area contributed by atoms with Crippen LogP contribution in [-0.2, 0) is 20.7 Å². The number of carbonyl (C=O) groups excluding carboxylic acids is 1. The normalized spacial score (nSPS) is 15.6. The van der Waals surface area contributed by atoms with Crippen molar-refractivity contribution in [1.82, 2.24) is 5.32 Å². The maximum absolute atomic E-state index is 12.9. The fraction of sp³-hybridized carbons (Fsp3) is 0.733. The average molecular weight is 553 g/mol. The Hall–Kier alpha value is -2.36. The van der Waals surface area contributed by atoms with Crippen molar-refractivity contribution in [2.24, 2.45) is 35.3 Å². The molecule has 0 heterocycles. The van der Waals surface area contributed by atoms with Crippen LogP contribution in [0.5, 0.6) is 11.5 Å². The summed E-state index contributed by atoms with van der Waals surface area (Å²) in [7, 11) is 3.26. The molecule has 1 aromatic rings. The highest BCUT2D eigenvalue weighted by atomic mass is 16.5. The van der Waals surface area contributed by atoms with E-state index in [1.807, 2.05) is 45.9 Å². The SMILES string of the molecule is COCCCOc1cc(C[C@@H](C[C@H](NC(=O)C(N)C(C)C)[C@@H](O)C[C@H](C(=O)O)C(C)C)C(C)C)ccc1OC. The first kappa shape index (κ1) is 34.7. The monoisotopic (exact) mass is 552 g/mol. The number of hydrogen-bond donors (Lipinski definition) is 4. The number of ether oxygens (including phenoxy) is 3. The van der Waals surface area contributed by atoms with Crippen molar-refractivity contribution in [3.05, 3.63) is 23.8 Å². The van der Waals surface area contributed by atoms with E-state index in [0.717, 1.165) is 12.0 Å². The topological polar surface area (TPSA) is 140 Å². The molecule has 0 bridgehead atoms. The summed E-state index contributed by atoms with van der Waals surface area (Å²) in [6, 6.07) is 4.48. The number of nitrogens with one attached hydrogen (secondary N) is 1. The van der Waals surface area contributed by atoms with E-state index in [4.69, 9.17) is 19.9 Å². The van der Waals surface area contributed by atoms with Gasteiger partial charge < -0.3 is 35.5 Å². The number of hydrogen-bond acceptors (Lipinski definition) is 7. The summed E-state index contributed by atoms with van der Waals surface area (Å²) in [5.74, 6) is -0.650. The summed E-state index contributed by atoms with van der Waals surface area (Å²) >= 11 is 0. The third-order valence-corrected chi connectivity index (χ3v) is 7.41. The minimum atomic E-state index is -1.03. The van der Waals surface area contributed by atoms with Crippen molar-refractivity contribution >= 4 is 11.9 Å². The number of rotatable bonds is 19. The average Bonchev–Trinajstić information content (AvgIpc) is 2.87. The maximum atomic E-state index is 12.9. The van der Waals surface area contributed by atoms with Gasteiger partial charge in [0.05, 0.1) is 37.8 Å². The molecular formula is C30H52N2O7. The highest BCUT2D eigenvalue weighted by molar-refractivity contribution is 5.82. The Kier molecular flexibility index (Phi) is 15.4. The molecule has 1 rings (SSSR count). The number of nitrogens with two attached hydrogens (primary N) is 1. The van der Waals surface area contributed by atoms with Gasteiger partial charge in [-0.3, -0.25) is 9.59 Å². The van der Waals surface area contributed by atoms with E-state index >= 15 is 0 Å². The molecule has 1 aromatic carbocycles. The van der Waals surface area contributed by atoms with Crippen LogP contribution in [0.3, 0.4) is 0 Å². The van der Waals surface area contributed by atoms with Crippen LogP contribution < -0.4 is 20.5 Å². The molecular weight excluding hydrogens is 500 g/mol. The largest absolute Gasteiger partial charge is 0.493 e. The van der Waals surface area contributed by atoms with Gasteiger partial charge in [0.15, 0.2) is 11.5 Å². The minimum absolute atomic E-state index is 0.0433. The second-order valence-electron chi connectivity index (χ2n) is 11.5. The van der Waals surface area contributed by atoms with Gasteiger partial charge in [-0.25, -0.2) is 0 Å². The van der Waals surface area contributed by atoms with Crippen LogP contribution in [0.25, 0.3) is 0 Å². The number of carbonyl (C=O) groups is 2. The number of benzene rings is 1. The molecule has 9 heteroatoms. The number of carboxylic acids is 1. The van der Waals surface area contributed by atoms with Gasteiger partial charge in [-0.15, -0.1) is 0 Å². The molecule has 0 aromatic heterocycles. The number of aliphatic hydroxyl groups excluding tert-OH is 1. The maximum Gasteiger partial charge on any atom is 0.306 e. The smallest absolute Gasteiger partial charge is 0.306 e. The van der Waals surface area contributed by atoms with Gasteiger partial charge in [0.25, 0.3) is 0 Å². The molecule has 5 atom stereocenters. The summed E-state index contributed by atoms with van der Waals surface area (Å²) in [5, 5.41) is 23.9. The van der Waals surface area contributed by atoms with Crippen LogP contribution in [0, 0.1) is 29.6 Å². The zero-order valence-corrected chi connectivity index (χ0v) is 25.1. The number of methoxy groups -OCH3 is 2. The number of amides is 1. The zero-order valence-electron chi connectivity index (χ0n) is 25.1. The molecule has 224 valence electrons. The van der Waals surface area contributed by atoms with Crippen LogP contribution in [0.4, 0.5) is 0 Å². The lowest BCUT2D eigenvalue weighted by Gasteiger charge is -2.33. The Morgan fingerprint density at radius 1 is 0.949 bits per heavy atom. The lowest BCUT2D eigenvalue weighted by atomic mass is 9.80. The Balaban J connectivity index is 3.20. The van der Waals surface area contributed by atoms with Crippen molar-refractivity contribution in [2.45, 2.75) is 85.4 Å². The summed E-state index contributed by atoms with van der Waals surface area (Å²) in [6.45, 7) is 12.7. The predicted molar refractivity (Wildman–Crippen MR) is 153 cm³/mol.